The SMILES string of the molecule is CCCn1ncc(C=O)c1C(C)(C)C. The number of hydrogen-bond donors (Lipinski definition) is 0. The molecule has 78 valence electrons. The van der Waals surface area contributed by atoms with Crippen LogP contribution in [0.2, 0.25) is 0 Å². The molecule has 3 nitrogen and oxygen atoms in total. The smallest absolute Gasteiger partial charge is 0.153 e. The van der Waals surface area contributed by atoms with Crippen LogP contribution < -0.4 is 0 Å². The van der Waals surface area contributed by atoms with Crippen molar-refractivity contribution in [1.82, 2.24) is 9.78 Å². The molecule has 1 aromatic heterocycles. The molecular formula is C11H18N2O. The lowest BCUT2D eigenvalue weighted by Gasteiger charge is -2.21. The number of rotatable bonds is 3. The van der Waals surface area contributed by atoms with E-state index < -0.39 is 0 Å². The Morgan fingerprint density at radius 3 is 2.57 bits per heavy atom. The second-order valence-electron chi connectivity index (χ2n) is 4.54. The molecule has 0 bridgehead atoms. The maximum absolute atomic E-state index is 10.8. The summed E-state index contributed by atoms with van der Waals surface area (Å²) in [7, 11) is 0. The van der Waals surface area contributed by atoms with E-state index in [4.69, 9.17) is 0 Å². The zero-order valence-corrected chi connectivity index (χ0v) is 9.37. The molecule has 0 aliphatic heterocycles. The first-order valence-corrected chi connectivity index (χ1v) is 5.02. The largest absolute Gasteiger partial charge is 0.298 e. The van der Waals surface area contributed by atoms with E-state index in [1.807, 2.05) is 4.68 Å². The van der Waals surface area contributed by atoms with E-state index in [9.17, 15) is 4.79 Å². The first-order valence-electron chi connectivity index (χ1n) is 5.02. The van der Waals surface area contributed by atoms with Gasteiger partial charge >= 0.3 is 0 Å². The van der Waals surface area contributed by atoms with Gasteiger partial charge < -0.3 is 0 Å². The molecule has 0 spiro atoms. The molecule has 0 aliphatic rings. The number of carbonyl (C=O) groups is 1. The standard InChI is InChI=1S/C11H18N2O/c1-5-6-13-10(11(2,3)4)9(8-14)7-12-13/h7-8H,5-6H2,1-4H3. The predicted molar refractivity (Wildman–Crippen MR) is 56.6 cm³/mol. The quantitative estimate of drug-likeness (QED) is 0.692. The molecule has 0 N–H and O–H groups in total. The highest BCUT2D eigenvalue weighted by Gasteiger charge is 2.22. The minimum Gasteiger partial charge on any atom is -0.298 e. The number of aryl methyl sites for hydroxylation is 1. The van der Waals surface area contributed by atoms with E-state index >= 15 is 0 Å². The summed E-state index contributed by atoms with van der Waals surface area (Å²) >= 11 is 0. The predicted octanol–water partition coefficient (Wildman–Crippen LogP) is 2.40. The van der Waals surface area contributed by atoms with Crippen molar-refractivity contribution in [1.29, 1.82) is 0 Å². The molecule has 14 heavy (non-hydrogen) atoms. The van der Waals surface area contributed by atoms with E-state index in [2.05, 4.69) is 32.8 Å². The van der Waals surface area contributed by atoms with Crippen molar-refractivity contribution in [2.24, 2.45) is 0 Å². The topological polar surface area (TPSA) is 34.9 Å². The third-order valence-corrected chi connectivity index (χ3v) is 2.14. The van der Waals surface area contributed by atoms with Crippen molar-refractivity contribution in [3.8, 4) is 0 Å². The van der Waals surface area contributed by atoms with Gasteiger partial charge in [-0.2, -0.15) is 5.10 Å². The number of aldehydes is 1. The Hall–Kier alpha value is -1.12. The summed E-state index contributed by atoms with van der Waals surface area (Å²) in [6.45, 7) is 9.28. The van der Waals surface area contributed by atoms with Gasteiger partial charge in [0.25, 0.3) is 0 Å². The van der Waals surface area contributed by atoms with Crippen LogP contribution >= 0.6 is 0 Å². The molecular weight excluding hydrogens is 176 g/mol. The van der Waals surface area contributed by atoms with Crippen molar-refractivity contribution < 1.29 is 4.79 Å². The monoisotopic (exact) mass is 194 g/mol. The van der Waals surface area contributed by atoms with Crippen molar-refractivity contribution >= 4 is 6.29 Å². The van der Waals surface area contributed by atoms with Crippen LogP contribution in [-0.4, -0.2) is 16.1 Å². The number of carbonyl (C=O) groups excluding carboxylic acids is 1. The second kappa shape index (κ2) is 3.95. The van der Waals surface area contributed by atoms with Crippen LogP contribution in [0, 0.1) is 0 Å². The van der Waals surface area contributed by atoms with Crippen LogP contribution in [0.3, 0.4) is 0 Å². The highest BCUT2D eigenvalue weighted by atomic mass is 16.1. The van der Waals surface area contributed by atoms with Gasteiger partial charge in [0, 0.05) is 12.0 Å². The van der Waals surface area contributed by atoms with Crippen LogP contribution in [0.5, 0.6) is 0 Å². The Bertz CT molecular complexity index is 321. The molecule has 0 radical (unpaired) electrons. The molecule has 0 atom stereocenters. The van der Waals surface area contributed by atoms with Crippen molar-refractivity contribution in [3.05, 3.63) is 17.5 Å². The van der Waals surface area contributed by atoms with Crippen molar-refractivity contribution in [2.45, 2.75) is 46.1 Å². The summed E-state index contributed by atoms with van der Waals surface area (Å²) in [6, 6.07) is 0. The number of nitrogens with zero attached hydrogens (tertiary/aromatic N) is 2. The van der Waals surface area contributed by atoms with E-state index in [0.717, 1.165) is 24.9 Å². The Kier molecular flexibility index (Phi) is 3.09. The van der Waals surface area contributed by atoms with Gasteiger partial charge in [0.15, 0.2) is 6.29 Å². The maximum Gasteiger partial charge on any atom is 0.153 e. The zero-order chi connectivity index (χ0) is 10.8. The molecule has 0 saturated heterocycles. The van der Waals surface area contributed by atoms with E-state index in [1.165, 1.54) is 0 Å². The third kappa shape index (κ3) is 2.03. The molecule has 0 aromatic carbocycles. The molecule has 0 aliphatic carbocycles. The summed E-state index contributed by atoms with van der Waals surface area (Å²) in [5.41, 5.74) is 1.72. The van der Waals surface area contributed by atoms with Gasteiger partial charge in [-0.15, -0.1) is 0 Å². The van der Waals surface area contributed by atoms with Crippen molar-refractivity contribution in [2.75, 3.05) is 0 Å². The normalized spacial score (nSPS) is 11.7. The fraction of sp³-hybridized carbons (Fsp3) is 0.636. The molecule has 0 amide bonds. The Labute approximate surface area is 85.1 Å². The highest BCUT2D eigenvalue weighted by molar-refractivity contribution is 5.76. The van der Waals surface area contributed by atoms with Gasteiger partial charge in [0.1, 0.15) is 0 Å². The van der Waals surface area contributed by atoms with Gasteiger partial charge in [0.2, 0.25) is 0 Å². The molecule has 0 saturated carbocycles. The maximum atomic E-state index is 10.8. The lowest BCUT2D eigenvalue weighted by molar-refractivity contribution is 0.112. The molecule has 1 rings (SSSR count). The summed E-state index contributed by atoms with van der Waals surface area (Å²) in [5, 5.41) is 4.23. The molecule has 1 aromatic rings. The lowest BCUT2D eigenvalue weighted by Crippen LogP contribution is -2.20. The van der Waals surface area contributed by atoms with Gasteiger partial charge in [-0.1, -0.05) is 27.7 Å². The summed E-state index contributed by atoms with van der Waals surface area (Å²) in [4.78, 5) is 10.8. The average Bonchev–Trinajstić information content (AvgIpc) is 2.47. The summed E-state index contributed by atoms with van der Waals surface area (Å²) in [6.07, 6.45) is 3.58. The minimum absolute atomic E-state index is 0.0259. The van der Waals surface area contributed by atoms with Crippen molar-refractivity contribution in [3.63, 3.8) is 0 Å². The Morgan fingerprint density at radius 2 is 2.14 bits per heavy atom. The highest BCUT2D eigenvalue weighted by Crippen LogP contribution is 2.24. The molecule has 3 heteroatoms. The Balaban J connectivity index is 3.19. The molecule has 0 fully saturated rings. The van der Waals surface area contributed by atoms with E-state index in [1.54, 1.807) is 6.20 Å². The van der Waals surface area contributed by atoms with Gasteiger partial charge in [-0.05, 0) is 6.42 Å². The van der Waals surface area contributed by atoms with Gasteiger partial charge in [-0.25, -0.2) is 0 Å². The number of aromatic nitrogens is 2. The van der Waals surface area contributed by atoms with Gasteiger partial charge in [0.05, 0.1) is 17.5 Å². The second-order valence-corrected chi connectivity index (χ2v) is 4.54. The first-order chi connectivity index (χ1) is 6.50. The summed E-state index contributed by atoms with van der Waals surface area (Å²) in [5.74, 6) is 0. The van der Waals surface area contributed by atoms with Gasteiger partial charge in [-0.3, -0.25) is 9.48 Å². The molecule has 0 unspecified atom stereocenters. The van der Waals surface area contributed by atoms with E-state index in [0.29, 0.717) is 5.56 Å². The van der Waals surface area contributed by atoms with Crippen LogP contribution in [-0.2, 0) is 12.0 Å². The lowest BCUT2D eigenvalue weighted by atomic mass is 9.89. The van der Waals surface area contributed by atoms with Crippen LogP contribution in [0.25, 0.3) is 0 Å². The van der Waals surface area contributed by atoms with E-state index in [-0.39, 0.29) is 5.41 Å². The third-order valence-electron chi connectivity index (χ3n) is 2.14. The Morgan fingerprint density at radius 1 is 1.50 bits per heavy atom. The summed E-state index contributed by atoms with van der Waals surface area (Å²) < 4.78 is 1.93. The fourth-order valence-corrected chi connectivity index (χ4v) is 1.69. The zero-order valence-electron chi connectivity index (χ0n) is 9.37. The van der Waals surface area contributed by atoms with Crippen LogP contribution in [0.1, 0.15) is 50.2 Å². The fourth-order valence-electron chi connectivity index (χ4n) is 1.69. The van der Waals surface area contributed by atoms with Crippen LogP contribution in [0.4, 0.5) is 0 Å². The first kappa shape index (κ1) is 11.0. The average molecular weight is 194 g/mol. The molecule has 1 heterocycles. The minimum atomic E-state index is -0.0259. The van der Waals surface area contributed by atoms with Crippen LogP contribution in [0.15, 0.2) is 6.20 Å². The number of hydrogen-bond acceptors (Lipinski definition) is 2.